The zero-order valence-electron chi connectivity index (χ0n) is 13.5. The van der Waals surface area contributed by atoms with Crippen molar-refractivity contribution in [1.29, 1.82) is 0 Å². The number of urea groups is 1. The van der Waals surface area contributed by atoms with Crippen LogP contribution in [0.1, 0.15) is 13.3 Å². The van der Waals surface area contributed by atoms with E-state index in [0.29, 0.717) is 29.8 Å². The van der Waals surface area contributed by atoms with Gasteiger partial charge in [0.2, 0.25) is 0 Å². The Balaban J connectivity index is 1.76. The van der Waals surface area contributed by atoms with Crippen molar-refractivity contribution in [3.63, 3.8) is 0 Å². The molecule has 1 aromatic heterocycles. The maximum atomic E-state index is 12.4. The summed E-state index contributed by atoms with van der Waals surface area (Å²) in [7, 11) is 1.60. The minimum absolute atomic E-state index is 0.125. The van der Waals surface area contributed by atoms with Crippen molar-refractivity contribution >= 4 is 28.8 Å². The minimum Gasteiger partial charge on any atom is -0.481 e. The number of carbonyl (C=O) groups is 2. The highest BCUT2D eigenvalue weighted by Gasteiger charge is 2.31. The van der Waals surface area contributed by atoms with Gasteiger partial charge in [-0.1, -0.05) is 6.92 Å². The van der Waals surface area contributed by atoms with Crippen molar-refractivity contribution in [2.75, 3.05) is 18.4 Å². The summed E-state index contributed by atoms with van der Waals surface area (Å²) in [6.45, 7) is 2.63. The van der Waals surface area contributed by atoms with E-state index < -0.39 is 17.6 Å². The summed E-state index contributed by atoms with van der Waals surface area (Å²) in [5, 5.41) is 11.9. The molecule has 2 heterocycles. The number of fused-ring (bicyclic) bond motifs is 1. The molecule has 2 N–H and O–H groups in total. The van der Waals surface area contributed by atoms with Crippen LogP contribution in [0.25, 0.3) is 11.1 Å². The molecule has 8 heteroatoms. The van der Waals surface area contributed by atoms with E-state index in [9.17, 15) is 19.5 Å². The van der Waals surface area contributed by atoms with E-state index in [0.717, 1.165) is 0 Å². The Morgan fingerprint density at radius 1 is 1.33 bits per heavy atom. The van der Waals surface area contributed by atoms with Crippen LogP contribution in [-0.2, 0) is 11.8 Å². The largest absolute Gasteiger partial charge is 0.481 e. The van der Waals surface area contributed by atoms with Crippen molar-refractivity contribution in [2.45, 2.75) is 13.3 Å². The molecule has 24 heavy (non-hydrogen) atoms. The van der Waals surface area contributed by atoms with Crippen LogP contribution in [0.4, 0.5) is 10.5 Å². The molecule has 1 aliphatic heterocycles. The highest BCUT2D eigenvalue weighted by Crippen LogP contribution is 2.23. The lowest BCUT2D eigenvalue weighted by molar-refractivity contribution is -0.143. The van der Waals surface area contributed by atoms with Gasteiger partial charge in [-0.3, -0.25) is 9.36 Å². The maximum absolute atomic E-state index is 12.4. The molecule has 1 aromatic carbocycles. The quantitative estimate of drug-likeness (QED) is 0.870. The van der Waals surface area contributed by atoms with Gasteiger partial charge in [0, 0.05) is 31.9 Å². The fourth-order valence-corrected chi connectivity index (χ4v) is 3.11. The van der Waals surface area contributed by atoms with Gasteiger partial charge in [0.25, 0.3) is 0 Å². The van der Waals surface area contributed by atoms with Crippen molar-refractivity contribution < 1.29 is 19.1 Å². The number of aliphatic carboxylic acids is 1. The number of hydrogen-bond acceptors (Lipinski definition) is 4. The number of anilines is 1. The summed E-state index contributed by atoms with van der Waals surface area (Å²) >= 11 is 0. The number of aryl methyl sites for hydroxylation is 1. The predicted molar refractivity (Wildman–Crippen MR) is 87.0 cm³/mol. The van der Waals surface area contributed by atoms with Crippen LogP contribution in [0.3, 0.4) is 0 Å². The molecule has 0 spiro atoms. The molecule has 0 aliphatic carbocycles. The number of carboxylic acids is 1. The molecule has 128 valence electrons. The number of hydrogen-bond donors (Lipinski definition) is 2. The highest BCUT2D eigenvalue weighted by molar-refractivity contribution is 5.92. The smallest absolute Gasteiger partial charge is 0.419 e. The molecule has 0 saturated carbocycles. The summed E-state index contributed by atoms with van der Waals surface area (Å²) in [5.41, 5.74) is 1.51. The number of amides is 2. The summed E-state index contributed by atoms with van der Waals surface area (Å²) < 4.78 is 6.48. The zero-order chi connectivity index (χ0) is 17.4. The highest BCUT2D eigenvalue weighted by atomic mass is 16.4. The van der Waals surface area contributed by atoms with E-state index in [1.165, 1.54) is 9.47 Å². The maximum Gasteiger partial charge on any atom is 0.419 e. The third-order valence-corrected chi connectivity index (χ3v) is 4.34. The second-order valence-corrected chi connectivity index (χ2v) is 6.32. The minimum atomic E-state index is -0.883. The first kappa shape index (κ1) is 16.1. The van der Waals surface area contributed by atoms with Gasteiger partial charge in [-0.05, 0) is 24.5 Å². The van der Waals surface area contributed by atoms with E-state index >= 15 is 0 Å². The second kappa shape index (κ2) is 6.03. The number of rotatable bonds is 2. The molecule has 0 radical (unpaired) electrons. The lowest BCUT2D eigenvalue weighted by Crippen LogP contribution is -2.47. The number of nitrogens with one attached hydrogen (secondary N) is 1. The van der Waals surface area contributed by atoms with Gasteiger partial charge < -0.3 is 19.7 Å². The number of benzene rings is 1. The predicted octanol–water partition coefficient (Wildman–Crippen LogP) is 1.71. The molecule has 8 nitrogen and oxygen atoms in total. The third kappa shape index (κ3) is 2.99. The number of aromatic nitrogens is 1. The summed E-state index contributed by atoms with van der Waals surface area (Å²) in [6, 6.07) is 4.59. The molecular formula is C16H19N3O5. The molecule has 1 saturated heterocycles. The molecular weight excluding hydrogens is 314 g/mol. The monoisotopic (exact) mass is 333 g/mol. The Bertz CT molecular complexity index is 853. The van der Waals surface area contributed by atoms with Crippen molar-refractivity contribution in [3.05, 3.63) is 28.7 Å². The topological polar surface area (TPSA) is 105 Å². The first-order chi connectivity index (χ1) is 11.3. The number of nitrogens with zero attached hydrogens (tertiary/aromatic N) is 2. The number of carbonyl (C=O) groups excluding carboxylic acids is 1. The molecule has 2 aromatic rings. The lowest BCUT2D eigenvalue weighted by Gasteiger charge is -2.34. The van der Waals surface area contributed by atoms with E-state index in [1.54, 1.807) is 25.2 Å². The van der Waals surface area contributed by atoms with E-state index in [1.807, 2.05) is 6.92 Å². The SMILES string of the molecule is CC1CC(C(=O)O)CN(C(=O)Nc2ccc3c(c2)oc(=O)n3C)C1. The Kier molecular flexibility index (Phi) is 4.04. The average Bonchev–Trinajstić information content (AvgIpc) is 2.81. The van der Waals surface area contributed by atoms with Gasteiger partial charge in [-0.25, -0.2) is 9.59 Å². The fourth-order valence-electron chi connectivity index (χ4n) is 3.11. The Hall–Kier alpha value is -2.77. The lowest BCUT2D eigenvalue weighted by atomic mass is 9.91. The van der Waals surface area contributed by atoms with E-state index in [4.69, 9.17) is 4.42 Å². The number of carboxylic acid groups (broad SMARTS) is 1. The Morgan fingerprint density at radius 2 is 2.08 bits per heavy atom. The van der Waals surface area contributed by atoms with Crippen LogP contribution in [-0.4, -0.2) is 39.7 Å². The normalized spacial score (nSPS) is 21.0. The molecule has 2 unspecified atom stereocenters. The van der Waals surface area contributed by atoms with Gasteiger partial charge >= 0.3 is 17.8 Å². The number of oxazole rings is 1. The molecule has 3 rings (SSSR count). The van der Waals surface area contributed by atoms with Crippen LogP contribution in [0, 0.1) is 11.8 Å². The van der Waals surface area contributed by atoms with Crippen LogP contribution >= 0.6 is 0 Å². The number of piperidine rings is 1. The first-order valence-electron chi connectivity index (χ1n) is 7.73. The number of likely N-dealkylation sites (tertiary alicyclic amines) is 1. The van der Waals surface area contributed by atoms with Crippen molar-refractivity contribution in [1.82, 2.24) is 9.47 Å². The standard InChI is InChI=1S/C16H19N3O5/c1-9-5-10(14(20)21)8-19(7-9)15(22)17-11-3-4-12-13(6-11)24-16(23)18(12)2/h3-4,6,9-10H,5,7-8H2,1-2H3,(H,17,22)(H,20,21). The van der Waals surface area contributed by atoms with Gasteiger partial charge in [-0.2, -0.15) is 0 Å². The molecule has 1 fully saturated rings. The van der Waals surface area contributed by atoms with Crippen LogP contribution in [0.15, 0.2) is 27.4 Å². The van der Waals surface area contributed by atoms with Crippen molar-refractivity contribution in [3.8, 4) is 0 Å². The Labute approximate surface area is 137 Å². The zero-order valence-corrected chi connectivity index (χ0v) is 13.5. The van der Waals surface area contributed by atoms with Gasteiger partial charge in [-0.15, -0.1) is 0 Å². The van der Waals surface area contributed by atoms with Gasteiger partial charge in [0.05, 0.1) is 11.4 Å². The summed E-state index contributed by atoms with van der Waals surface area (Å²) in [6.07, 6.45) is 0.570. The van der Waals surface area contributed by atoms with Gasteiger partial charge in [0.15, 0.2) is 5.58 Å². The van der Waals surface area contributed by atoms with Crippen LogP contribution in [0.5, 0.6) is 0 Å². The van der Waals surface area contributed by atoms with Gasteiger partial charge in [0.1, 0.15) is 0 Å². The summed E-state index contributed by atoms with van der Waals surface area (Å²) in [4.78, 5) is 36.6. The Morgan fingerprint density at radius 3 is 2.79 bits per heavy atom. The average molecular weight is 333 g/mol. The molecule has 2 atom stereocenters. The van der Waals surface area contributed by atoms with Crippen molar-refractivity contribution in [2.24, 2.45) is 18.9 Å². The van der Waals surface area contributed by atoms with Crippen LogP contribution in [0.2, 0.25) is 0 Å². The molecule has 0 bridgehead atoms. The van der Waals surface area contributed by atoms with E-state index in [2.05, 4.69) is 5.32 Å². The molecule has 2 amide bonds. The van der Waals surface area contributed by atoms with E-state index in [-0.39, 0.29) is 18.5 Å². The first-order valence-corrected chi connectivity index (χ1v) is 7.73. The molecule has 1 aliphatic rings. The van der Waals surface area contributed by atoms with Crippen LogP contribution < -0.4 is 11.1 Å². The fraction of sp³-hybridized carbons (Fsp3) is 0.438. The third-order valence-electron chi connectivity index (χ3n) is 4.34. The summed E-state index contributed by atoms with van der Waals surface area (Å²) in [5.74, 6) is -1.77. The second-order valence-electron chi connectivity index (χ2n) is 6.32.